The number of methoxy groups -OCH3 is 2. The van der Waals surface area contributed by atoms with Crippen molar-refractivity contribution in [1.82, 2.24) is 5.32 Å². The molecule has 0 fully saturated rings. The van der Waals surface area contributed by atoms with Crippen LogP contribution < -0.4 is 5.32 Å². The van der Waals surface area contributed by atoms with Crippen LogP contribution in [0.1, 0.15) is 30.0 Å². The van der Waals surface area contributed by atoms with Crippen molar-refractivity contribution in [2.24, 2.45) is 5.92 Å². The van der Waals surface area contributed by atoms with Gasteiger partial charge in [0.25, 0.3) is 0 Å². The van der Waals surface area contributed by atoms with Crippen LogP contribution in [0.5, 0.6) is 0 Å². The molecule has 6 nitrogen and oxygen atoms in total. The van der Waals surface area contributed by atoms with Gasteiger partial charge in [0.2, 0.25) is 5.91 Å². The Morgan fingerprint density at radius 3 is 1.83 bits per heavy atom. The van der Waals surface area contributed by atoms with Crippen molar-refractivity contribution in [2.75, 3.05) is 14.2 Å². The SMILES string of the molecule is COC(=O)C[C@H](C)[C@@H](NC(=O)Cc1cc(C(F)(F)F)cc(C(F)(F)F)c1)C(=O)OC. The lowest BCUT2D eigenvalue weighted by Gasteiger charge is -2.22. The molecular formula is C18H19F6NO5. The van der Waals surface area contributed by atoms with Gasteiger partial charge >= 0.3 is 24.3 Å². The van der Waals surface area contributed by atoms with E-state index in [1.54, 1.807) is 0 Å². The first-order valence-electron chi connectivity index (χ1n) is 8.41. The number of rotatable bonds is 7. The smallest absolute Gasteiger partial charge is 0.416 e. The first-order valence-corrected chi connectivity index (χ1v) is 8.41. The summed E-state index contributed by atoms with van der Waals surface area (Å²) in [4.78, 5) is 35.5. The van der Waals surface area contributed by atoms with Gasteiger partial charge in [-0.05, 0) is 29.7 Å². The standard InChI is InChI=1S/C18H19F6NO5/c1-9(4-14(27)29-2)15(16(28)30-3)25-13(26)7-10-5-11(17(19,20)21)8-12(6-10)18(22,23)24/h5-6,8-9,15H,4,7H2,1-3H3,(H,25,26)/t9-,15+/m0/s1. The summed E-state index contributed by atoms with van der Waals surface area (Å²) in [6.07, 6.45) is -11.3. The normalized spacial score (nSPS) is 13.9. The number of carbonyl (C=O) groups is 3. The molecule has 1 aromatic carbocycles. The van der Waals surface area contributed by atoms with Crippen LogP contribution in [0.2, 0.25) is 0 Å². The fourth-order valence-corrected chi connectivity index (χ4v) is 2.56. The molecule has 1 N–H and O–H groups in total. The summed E-state index contributed by atoms with van der Waals surface area (Å²) < 4.78 is 86.5. The van der Waals surface area contributed by atoms with E-state index in [2.05, 4.69) is 14.8 Å². The Hall–Kier alpha value is -2.79. The van der Waals surface area contributed by atoms with Crippen LogP contribution in [0.4, 0.5) is 26.3 Å². The maximum atomic E-state index is 12.9. The van der Waals surface area contributed by atoms with E-state index >= 15 is 0 Å². The van der Waals surface area contributed by atoms with E-state index in [0.717, 1.165) is 14.2 Å². The number of esters is 2. The molecule has 0 aliphatic carbocycles. The Balaban J connectivity index is 3.11. The number of carbonyl (C=O) groups excluding carboxylic acids is 3. The molecule has 0 bridgehead atoms. The molecule has 168 valence electrons. The molecule has 0 aliphatic rings. The number of hydrogen-bond donors (Lipinski definition) is 1. The second-order valence-electron chi connectivity index (χ2n) is 6.42. The molecule has 0 heterocycles. The maximum absolute atomic E-state index is 12.9. The largest absolute Gasteiger partial charge is 0.469 e. The average molecular weight is 443 g/mol. The Kier molecular flexibility index (Phi) is 8.25. The molecule has 1 amide bonds. The predicted molar refractivity (Wildman–Crippen MR) is 89.9 cm³/mol. The molecule has 30 heavy (non-hydrogen) atoms. The summed E-state index contributed by atoms with van der Waals surface area (Å²) in [6, 6.07) is -0.592. The molecule has 12 heteroatoms. The summed E-state index contributed by atoms with van der Waals surface area (Å²) in [5.41, 5.74) is -3.69. The second-order valence-corrected chi connectivity index (χ2v) is 6.42. The summed E-state index contributed by atoms with van der Waals surface area (Å²) >= 11 is 0. The molecule has 0 saturated heterocycles. The van der Waals surface area contributed by atoms with Crippen LogP contribution in [0.25, 0.3) is 0 Å². The van der Waals surface area contributed by atoms with E-state index in [4.69, 9.17) is 0 Å². The third-order valence-electron chi connectivity index (χ3n) is 4.07. The molecule has 0 radical (unpaired) electrons. The van der Waals surface area contributed by atoms with Crippen molar-refractivity contribution in [3.63, 3.8) is 0 Å². The highest BCUT2D eigenvalue weighted by molar-refractivity contribution is 5.86. The van der Waals surface area contributed by atoms with Gasteiger partial charge in [-0.1, -0.05) is 6.92 Å². The van der Waals surface area contributed by atoms with Crippen LogP contribution in [0, 0.1) is 5.92 Å². The van der Waals surface area contributed by atoms with E-state index in [0.29, 0.717) is 12.1 Å². The molecule has 1 rings (SSSR count). The van der Waals surface area contributed by atoms with Gasteiger partial charge in [0.15, 0.2) is 0 Å². The zero-order chi connectivity index (χ0) is 23.3. The van der Waals surface area contributed by atoms with Crippen molar-refractivity contribution >= 4 is 17.8 Å². The minimum absolute atomic E-state index is 0.0584. The second kappa shape index (κ2) is 9.81. The predicted octanol–water partition coefficient (Wildman–Crippen LogP) is 3.12. The van der Waals surface area contributed by atoms with Gasteiger partial charge in [-0.2, -0.15) is 26.3 Å². The molecule has 1 aromatic rings. The molecular weight excluding hydrogens is 424 g/mol. The van der Waals surface area contributed by atoms with Gasteiger partial charge in [0.05, 0.1) is 38.2 Å². The number of halogens is 6. The summed E-state index contributed by atoms with van der Waals surface area (Å²) in [5, 5.41) is 2.18. The van der Waals surface area contributed by atoms with E-state index in [-0.39, 0.29) is 12.5 Å². The van der Waals surface area contributed by atoms with E-state index in [1.807, 2.05) is 0 Å². The zero-order valence-electron chi connectivity index (χ0n) is 16.1. The van der Waals surface area contributed by atoms with Gasteiger partial charge < -0.3 is 14.8 Å². The minimum Gasteiger partial charge on any atom is -0.469 e. The Morgan fingerprint density at radius 1 is 0.933 bits per heavy atom. The average Bonchev–Trinajstić information content (AvgIpc) is 2.63. The zero-order valence-corrected chi connectivity index (χ0v) is 16.1. The van der Waals surface area contributed by atoms with E-state index < -0.39 is 65.3 Å². The lowest BCUT2D eigenvalue weighted by atomic mass is 9.97. The van der Waals surface area contributed by atoms with Crippen LogP contribution in [0.3, 0.4) is 0 Å². The first-order chi connectivity index (χ1) is 13.7. The van der Waals surface area contributed by atoms with Gasteiger partial charge in [0.1, 0.15) is 6.04 Å². The lowest BCUT2D eigenvalue weighted by Crippen LogP contribution is -2.47. The Bertz CT molecular complexity index is 758. The quantitative estimate of drug-likeness (QED) is 0.518. The number of alkyl halides is 6. The van der Waals surface area contributed by atoms with Crippen LogP contribution in [-0.2, 0) is 42.6 Å². The third-order valence-corrected chi connectivity index (χ3v) is 4.07. The van der Waals surface area contributed by atoms with Crippen LogP contribution in [-0.4, -0.2) is 38.1 Å². The van der Waals surface area contributed by atoms with Gasteiger partial charge in [-0.15, -0.1) is 0 Å². The van der Waals surface area contributed by atoms with Gasteiger partial charge in [0, 0.05) is 0 Å². The minimum atomic E-state index is -5.06. The van der Waals surface area contributed by atoms with Crippen molar-refractivity contribution in [2.45, 2.75) is 38.2 Å². The summed E-state index contributed by atoms with van der Waals surface area (Å²) in [7, 11) is 2.11. The lowest BCUT2D eigenvalue weighted by molar-refractivity contribution is -0.148. The highest BCUT2D eigenvalue weighted by atomic mass is 19.4. The highest BCUT2D eigenvalue weighted by Gasteiger charge is 2.37. The molecule has 2 atom stereocenters. The van der Waals surface area contributed by atoms with Crippen molar-refractivity contribution in [3.8, 4) is 0 Å². The summed E-state index contributed by atoms with van der Waals surface area (Å²) in [5.74, 6) is -3.49. The number of amides is 1. The van der Waals surface area contributed by atoms with Crippen molar-refractivity contribution < 1.29 is 50.2 Å². The van der Waals surface area contributed by atoms with E-state index in [9.17, 15) is 40.7 Å². The van der Waals surface area contributed by atoms with Crippen LogP contribution >= 0.6 is 0 Å². The van der Waals surface area contributed by atoms with Gasteiger partial charge in [-0.3, -0.25) is 9.59 Å². The molecule has 0 aliphatic heterocycles. The fraction of sp³-hybridized carbons (Fsp3) is 0.500. The number of nitrogens with one attached hydrogen (secondary N) is 1. The molecule has 0 unspecified atom stereocenters. The summed E-state index contributed by atoms with van der Waals surface area (Å²) in [6.45, 7) is 1.41. The Morgan fingerprint density at radius 2 is 1.43 bits per heavy atom. The van der Waals surface area contributed by atoms with Gasteiger partial charge in [-0.25, -0.2) is 4.79 Å². The number of hydrogen-bond acceptors (Lipinski definition) is 5. The first kappa shape index (κ1) is 25.2. The van der Waals surface area contributed by atoms with E-state index in [1.165, 1.54) is 6.92 Å². The van der Waals surface area contributed by atoms with Crippen molar-refractivity contribution in [1.29, 1.82) is 0 Å². The third kappa shape index (κ3) is 7.23. The number of ether oxygens (including phenoxy) is 2. The Labute approximate surface area is 167 Å². The molecule has 0 spiro atoms. The fourth-order valence-electron chi connectivity index (χ4n) is 2.56. The maximum Gasteiger partial charge on any atom is 0.416 e. The van der Waals surface area contributed by atoms with Crippen molar-refractivity contribution in [3.05, 3.63) is 34.9 Å². The van der Waals surface area contributed by atoms with Crippen LogP contribution in [0.15, 0.2) is 18.2 Å². The molecule has 0 saturated carbocycles. The topological polar surface area (TPSA) is 81.7 Å². The number of benzene rings is 1. The highest BCUT2D eigenvalue weighted by Crippen LogP contribution is 2.36. The monoisotopic (exact) mass is 443 g/mol. The molecule has 0 aromatic heterocycles.